The first-order valence-electron chi connectivity index (χ1n) is 10.3. The molecule has 0 radical (unpaired) electrons. The Labute approximate surface area is 193 Å². The Kier molecular flexibility index (Phi) is 5.31. The summed E-state index contributed by atoms with van der Waals surface area (Å²) in [7, 11) is 0. The number of carbonyl (C=O) groups excluding carboxylic acids is 1. The minimum absolute atomic E-state index is 0.245. The lowest BCUT2D eigenvalue weighted by Crippen LogP contribution is -2.11. The van der Waals surface area contributed by atoms with Gasteiger partial charge in [0.05, 0.1) is 15.9 Å². The number of rotatable bonds is 5. The van der Waals surface area contributed by atoms with Gasteiger partial charge < -0.3 is 10.1 Å². The second-order valence-corrected chi connectivity index (χ2v) is 8.55. The molecule has 1 amide bonds. The molecular weight excluding hydrogens is 436 g/mol. The molecular formula is C24H20N6O2S. The number of anilines is 1. The third-order valence-corrected chi connectivity index (χ3v) is 5.89. The van der Waals surface area contributed by atoms with Crippen molar-refractivity contribution in [1.82, 2.24) is 24.7 Å². The van der Waals surface area contributed by atoms with Crippen LogP contribution in [0.5, 0.6) is 11.6 Å². The van der Waals surface area contributed by atoms with Crippen LogP contribution in [0.2, 0.25) is 0 Å². The van der Waals surface area contributed by atoms with E-state index in [0.717, 1.165) is 21.6 Å². The molecule has 0 saturated heterocycles. The Balaban J connectivity index is 1.31. The Morgan fingerprint density at radius 1 is 0.970 bits per heavy atom. The van der Waals surface area contributed by atoms with E-state index in [2.05, 4.69) is 25.4 Å². The molecule has 33 heavy (non-hydrogen) atoms. The molecule has 9 heteroatoms. The van der Waals surface area contributed by atoms with Crippen LogP contribution in [0.4, 0.5) is 5.69 Å². The van der Waals surface area contributed by atoms with Crippen LogP contribution < -0.4 is 10.1 Å². The molecule has 1 N–H and O–H groups in total. The number of aryl methyl sites for hydroxylation is 3. The van der Waals surface area contributed by atoms with Crippen molar-refractivity contribution in [2.45, 2.75) is 20.8 Å². The van der Waals surface area contributed by atoms with Crippen LogP contribution in [0.25, 0.3) is 16.0 Å². The van der Waals surface area contributed by atoms with Crippen LogP contribution in [0.1, 0.15) is 27.0 Å². The van der Waals surface area contributed by atoms with Crippen LogP contribution in [0.3, 0.4) is 0 Å². The number of aromatic nitrogens is 5. The van der Waals surface area contributed by atoms with Crippen molar-refractivity contribution in [2.75, 3.05) is 5.32 Å². The van der Waals surface area contributed by atoms with Crippen molar-refractivity contribution in [3.8, 4) is 17.4 Å². The van der Waals surface area contributed by atoms with E-state index in [1.54, 1.807) is 35.0 Å². The number of nitrogens with one attached hydrogen (secondary N) is 1. The highest BCUT2D eigenvalue weighted by Crippen LogP contribution is 2.25. The molecule has 0 aliphatic carbocycles. The summed E-state index contributed by atoms with van der Waals surface area (Å²) in [5.41, 5.74) is 3.35. The molecule has 0 fully saturated rings. The molecule has 0 unspecified atom stereocenters. The molecule has 0 bridgehead atoms. The van der Waals surface area contributed by atoms with Gasteiger partial charge in [-0.25, -0.2) is 14.6 Å². The lowest BCUT2D eigenvalue weighted by atomic mass is 10.3. The van der Waals surface area contributed by atoms with Gasteiger partial charge in [0.1, 0.15) is 11.6 Å². The SMILES string of the molecule is Cc1cc(C)n(-c2cc(Oc3ccc(NC(=O)c4nc5ccccc5s4)cc3)nc(C)n2)n1. The maximum Gasteiger partial charge on any atom is 0.284 e. The molecule has 0 aliphatic heterocycles. The number of carbonyl (C=O) groups is 1. The monoisotopic (exact) mass is 456 g/mol. The van der Waals surface area contributed by atoms with Gasteiger partial charge in [-0.1, -0.05) is 12.1 Å². The first kappa shape index (κ1) is 20.8. The summed E-state index contributed by atoms with van der Waals surface area (Å²) in [6.45, 7) is 5.72. The third kappa shape index (κ3) is 4.44. The van der Waals surface area contributed by atoms with Gasteiger partial charge in [-0.2, -0.15) is 10.1 Å². The highest BCUT2D eigenvalue weighted by atomic mass is 32.1. The fourth-order valence-electron chi connectivity index (χ4n) is 3.43. The summed E-state index contributed by atoms with van der Waals surface area (Å²) in [4.78, 5) is 25.8. The van der Waals surface area contributed by atoms with Gasteiger partial charge in [-0.15, -0.1) is 11.3 Å². The zero-order valence-electron chi connectivity index (χ0n) is 18.2. The largest absolute Gasteiger partial charge is 0.439 e. The quantitative estimate of drug-likeness (QED) is 0.389. The van der Waals surface area contributed by atoms with Crippen LogP contribution in [0.15, 0.2) is 60.7 Å². The molecule has 2 aromatic carbocycles. The Bertz CT molecular complexity index is 1440. The summed E-state index contributed by atoms with van der Waals surface area (Å²) < 4.78 is 8.68. The number of ether oxygens (including phenoxy) is 1. The number of amides is 1. The smallest absolute Gasteiger partial charge is 0.284 e. The topological polar surface area (TPSA) is 94.8 Å². The number of fused-ring (bicyclic) bond motifs is 1. The lowest BCUT2D eigenvalue weighted by molar-refractivity contribution is 0.102. The number of para-hydroxylation sites is 1. The molecule has 3 heterocycles. The van der Waals surface area contributed by atoms with Crippen molar-refractivity contribution in [1.29, 1.82) is 0 Å². The van der Waals surface area contributed by atoms with Gasteiger partial charge in [0.15, 0.2) is 10.8 Å². The van der Waals surface area contributed by atoms with Crippen LogP contribution in [-0.4, -0.2) is 30.6 Å². The molecule has 0 saturated carbocycles. The molecule has 5 aromatic rings. The molecule has 0 aliphatic rings. The van der Waals surface area contributed by atoms with Gasteiger partial charge >= 0.3 is 0 Å². The lowest BCUT2D eigenvalue weighted by Gasteiger charge is -2.10. The predicted octanol–water partition coefficient (Wildman–Crippen LogP) is 5.24. The van der Waals surface area contributed by atoms with E-state index in [1.807, 2.05) is 51.1 Å². The van der Waals surface area contributed by atoms with Gasteiger partial charge in [-0.3, -0.25) is 4.79 Å². The molecule has 5 rings (SSSR count). The van der Waals surface area contributed by atoms with Crippen molar-refractivity contribution in [3.05, 3.63) is 82.9 Å². The Morgan fingerprint density at radius 2 is 1.76 bits per heavy atom. The summed E-state index contributed by atoms with van der Waals surface area (Å²) in [5, 5.41) is 7.77. The number of benzene rings is 2. The van der Waals surface area contributed by atoms with E-state index in [4.69, 9.17) is 4.74 Å². The minimum atomic E-state index is -0.245. The summed E-state index contributed by atoms with van der Waals surface area (Å²) in [5.74, 6) is 1.98. The highest BCUT2D eigenvalue weighted by Gasteiger charge is 2.13. The Morgan fingerprint density at radius 3 is 2.48 bits per heavy atom. The van der Waals surface area contributed by atoms with Crippen molar-refractivity contribution < 1.29 is 9.53 Å². The van der Waals surface area contributed by atoms with Gasteiger partial charge in [-0.05, 0) is 63.2 Å². The van der Waals surface area contributed by atoms with Crippen LogP contribution >= 0.6 is 11.3 Å². The van der Waals surface area contributed by atoms with Crippen LogP contribution in [-0.2, 0) is 0 Å². The fraction of sp³-hybridized carbons (Fsp3) is 0.125. The zero-order valence-corrected chi connectivity index (χ0v) is 19.1. The maximum atomic E-state index is 12.6. The van der Waals surface area contributed by atoms with Gasteiger partial charge in [0, 0.05) is 17.4 Å². The second kappa shape index (κ2) is 8.44. The standard InChI is InChI=1S/C24H20N6O2S/c1-14-12-15(2)30(29-14)21-13-22(26-16(3)25-21)32-18-10-8-17(9-11-18)27-23(31)24-28-19-6-4-5-7-20(19)33-24/h4-13H,1-3H3,(H,27,31). The summed E-state index contributed by atoms with van der Waals surface area (Å²) in [6.07, 6.45) is 0. The Hall–Kier alpha value is -4.11. The number of hydrogen-bond acceptors (Lipinski definition) is 7. The van der Waals surface area contributed by atoms with Crippen molar-refractivity contribution >= 4 is 33.1 Å². The van der Waals surface area contributed by atoms with E-state index in [9.17, 15) is 4.79 Å². The fourth-order valence-corrected chi connectivity index (χ4v) is 4.29. The summed E-state index contributed by atoms with van der Waals surface area (Å²) >= 11 is 1.36. The van der Waals surface area contributed by atoms with E-state index in [0.29, 0.717) is 34.0 Å². The van der Waals surface area contributed by atoms with Crippen LogP contribution in [0, 0.1) is 20.8 Å². The predicted molar refractivity (Wildman–Crippen MR) is 127 cm³/mol. The van der Waals surface area contributed by atoms with E-state index in [-0.39, 0.29) is 5.91 Å². The number of hydrogen-bond donors (Lipinski definition) is 1. The van der Waals surface area contributed by atoms with E-state index >= 15 is 0 Å². The molecule has 0 atom stereocenters. The molecule has 164 valence electrons. The van der Waals surface area contributed by atoms with Gasteiger partial charge in [0.2, 0.25) is 5.88 Å². The molecule has 8 nitrogen and oxygen atoms in total. The van der Waals surface area contributed by atoms with Crippen molar-refractivity contribution in [3.63, 3.8) is 0 Å². The highest BCUT2D eigenvalue weighted by molar-refractivity contribution is 7.20. The molecule has 0 spiro atoms. The zero-order chi connectivity index (χ0) is 22.9. The van der Waals surface area contributed by atoms with E-state index in [1.165, 1.54) is 11.3 Å². The average molecular weight is 457 g/mol. The maximum absolute atomic E-state index is 12.6. The second-order valence-electron chi connectivity index (χ2n) is 7.52. The third-order valence-electron chi connectivity index (χ3n) is 4.85. The minimum Gasteiger partial charge on any atom is -0.439 e. The van der Waals surface area contributed by atoms with Crippen molar-refractivity contribution in [2.24, 2.45) is 0 Å². The average Bonchev–Trinajstić information content (AvgIpc) is 3.37. The first-order valence-corrected chi connectivity index (χ1v) is 11.1. The summed E-state index contributed by atoms with van der Waals surface area (Å²) in [6, 6.07) is 18.5. The molecule has 3 aromatic heterocycles. The first-order chi connectivity index (χ1) is 15.9. The number of nitrogens with zero attached hydrogens (tertiary/aromatic N) is 5. The number of thiazole rings is 1. The van der Waals surface area contributed by atoms with Gasteiger partial charge in [0.25, 0.3) is 5.91 Å². The normalized spacial score (nSPS) is 11.0. The van der Waals surface area contributed by atoms with E-state index < -0.39 is 0 Å².